The van der Waals surface area contributed by atoms with Crippen molar-refractivity contribution in [3.8, 4) is 5.75 Å². The first-order valence-electron chi connectivity index (χ1n) is 8.68. The summed E-state index contributed by atoms with van der Waals surface area (Å²) in [4.78, 5) is 9.53. The van der Waals surface area contributed by atoms with Crippen LogP contribution < -0.4 is 9.64 Å². The fraction of sp³-hybridized carbons (Fsp3) is 0.450. The van der Waals surface area contributed by atoms with Gasteiger partial charge in [0, 0.05) is 31.4 Å². The molecule has 24 heavy (non-hydrogen) atoms. The summed E-state index contributed by atoms with van der Waals surface area (Å²) in [7, 11) is 3.95. The van der Waals surface area contributed by atoms with Crippen molar-refractivity contribution in [1.82, 2.24) is 9.88 Å². The number of aromatic nitrogens is 1. The number of ether oxygens (including phenoxy) is 1. The summed E-state index contributed by atoms with van der Waals surface area (Å²) in [6, 6.07) is 15.3. The minimum atomic E-state index is 0.622. The number of hydrogen-bond donors (Lipinski definition) is 0. The van der Waals surface area contributed by atoms with Crippen LogP contribution in [-0.4, -0.2) is 43.2 Å². The molecular weight excluding hydrogens is 298 g/mol. The van der Waals surface area contributed by atoms with E-state index in [1.807, 2.05) is 19.1 Å². The Labute approximate surface area is 145 Å². The van der Waals surface area contributed by atoms with E-state index in [4.69, 9.17) is 9.72 Å². The molecule has 0 aliphatic carbocycles. The zero-order chi connectivity index (χ0) is 16.9. The first-order chi connectivity index (χ1) is 11.7. The normalized spacial score (nSPS) is 15.8. The van der Waals surface area contributed by atoms with Gasteiger partial charge in [-0.2, -0.15) is 0 Å². The largest absolute Gasteiger partial charge is 0.493 e. The van der Waals surface area contributed by atoms with Gasteiger partial charge in [-0.05, 0) is 44.5 Å². The van der Waals surface area contributed by atoms with E-state index < -0.39 is 0 Å². The van der Waals surface area contributed by atoms with Crippen molar-refractivity contribution < 1.29 is 4.74 Å². The molecule has 1 aliphatic rings. The highest BCUT2D eigenvalue weighted by Crippen LogP contribution is 2.29. The first kappa shape index (κ1) is 16.8. The van der Waals surface area contributed by atoms with Crippen molar-refractivity contribution in [1.29, 1.82) is 0 Å². The minimum Gasteiger partial charge on any atom is -0.493 e. The van der Waals surface area contributed by atoms with Crippen molar-refractivity contribution in [3.63, 3.8) is 0 Å². The second-order valence-electron chi connectivity index (χ2n) is 6.60. The fourth-order valence-corrected chi connectivity index (χ4v) is 3.44. The molecule has 0 amide bonds. The van der Waals surface area contributed by atoms with E-state index in [9.17, 15) is 0 Å². The summed E-state index contributed by atoms with van der Waals surface area (Å²) in [5, 5.41) is 0. The summed E-state index contributed by atoms with van der Waals surface area (Å²) in [6.45, 7) is 5.09. The van der Waals surface area contributed by atoms with Crippen LogP contribution in [-0.2, 0) is 6.54 Å². The highest BCUT2D eigenvalue weighted by molar-refractivity contribution is 5.53. The molecule has 2 heterocycles. The Balaban J connectivity index is 1.60. The molecule has 128 valence electrons. The number of nitrogens with zero attached hydrogens (tertiary/aromatic N) is 3. The van der Waals surface area contributed by atoms with Crippen LogP contribution in [0.25, 0.3) is 0 Å². The quantitative estimate of drug-likeness (QED) is 0.841. The Kier molecular flexibility index (Phi) is 5.36. The molecule has 1 saturated heterocycles. The molecule has 0 unspecified atom stereocenters. The Hall–Kier alpha value is -2.07. The van der Waals surface area contributed by atoms with Crippen LogP contribution in [0, 0.1) is 6.92 Å². The molecule has 4 nitrogen and oxygen atoms in total. The van der Waals surface area contributed by atoms with Crippen molar-refractivity contribution in [2.24, 2.45) is 0 Å². The van der Waals surface area contributed by atoms with Crippen molar-refractivity contribution in [3.05, 3.63) is 53.7 Å². The van der Waals surface area contributed by atoms with E-state index in [0.717, 1.165) is 49.7 Å². The number of methoxy groups -OCH3 is 1. The summed E-state index contributed by atoms with van der Waals surface area (Å²) in [5.41, 5.74) is 2.42. The molecule has 0 radical (unpaired) electrons. The molecule has 0 N–H and O–H groups in total. The van der Waals surface area contributed by atoms with E-state index in [1.165, 1.54) is 5.56 Å². The van der Waals surface area contributed by atoms with Crippen molar-refractivity contribution in [2.45, 2.75) is 32.4 Å². The standard InChI is InChI=1S/C20H27N3O/c1-16-9-10-19(24-3)20(21-16)23-13-11-18(12-14-23)22(2)15-17-7-5-4-6-8-17/h4-10,18H,11-15H2,1-3H3. The average Bonchev–Trinajstić information content (AvgIpc) is 2.62. The number of pyridine rings is 1. The third-order valence-electron chi connectivity index (χ3n) is 4.86. The van der Waals surface area contributed by atoms with Crippen LogP contribution in [0.4, 0.5) is 5.82 Å². The summed E-state index contributed by atoms with van der Waals surface area (Å²) in [6.07, 6.45) is 2.31. The van der Waals surface area contributed by atoms with E-state index in [1.54, 1.807) is 7.11 Å². The average molecular weight is 325 g/mol. The van der Waals surface area contributed by atoms with Gasteiger partial charge in [-0.1, -0.05) is 30.3 Å². The van der Waals surface area contributed by atoms with Crippen LogP contribution in [0.3, 0.4) is 0 Å². The fourth-order valence-electron chi connectivity index (χ4n) is 3.44. The second-order valence-corrected chi connectivity index (χ2v) is 6.60. The van der Waals surface area contributed by atoms with Gasteiger partial charge in [0.1, 0.15) is 0 Å². The zero-order valence-electron chi connectivity index (χ0n) is 14.9. The molecule has 2 aromatic rings. The monoisotopic (exact) mass is 325 g/mol. The van der Waals surface area contributed by atoms with Crippen LogP contribution in [0.15, 0.2) is 42.5 Å². The van der Waals surface area contributed by atoms with E-state index in [2.05, 4.69) is 47.2 Å². The molecule has 1 fully saturated rings. The minimum absolute atomic E-state index is 0.622. The molecule has 1 aromatic carbocycles. The maximum Gasteiger partial charge on any atom is 0.171 e. The van der Waals surface area contributed by atoms with Gasteiger partial charge in [-0.3, -0.25) is 4.90 Å². The molecule has 1 aliphatic heterocycles. The topological polar surface area (TPSA) is 28.6 Å². The predicted molar refractivity (Wildman–Crippen MR) is 98.7 cm³/mol. The predicted octanol–water partition coefficient (Wildman–Crippen LogP) is 3.50. The van der Waals surface area contributed by atoms with Crippen LogP contribution in [0.5, 0.6) is 5.75 Å². The van der Waals surface area contributed by atoms with Gasteiger partial charge in [-0.25, -0.2) is 4.98 Å². The summed E-state index contributed by atoms with van der Waals surface area (Å²) < 4.78 is 5.49. The Bertz CT molecular complexity index is 651. The zero-order valence-corrected chi connectivity index (χ0v) is 14.9. The van der Waals surface area contributed by atoms with Gasteiger partial charge in [0.2, 0.25) is 0 Å². The number of rotatable bonds is 5. The highest BCUT2D eigenvalue weighted by Gasteiger charge is 2.25. The lowest BCUT2D eigenvalue weighted by molar-refractivity contribution is 0.200. The third kappa shape index (κ3) is 3.88. The van der Waals surface area contributed by atoms with E-state index in [0.29, 0.717) is 6.04 Å². The number of aryl methyl sites for hydroxylation is 1. The summed E-state index contributed by atoms with van der Waals surface area (Å²) >= 11 is 0. The van der Waals surface area contributed by atoms with Gasteiger partial charge in [0.15, 0.2) is 11.6 Å². The molecule has 3 rings (SSSR count). The van der Waals surface area contributed by atoms with Gasteiger partial charge >= 0.3 is 0 Å². The molecule has 0 spiro atoms. The number of piperidine rings is 1. The molecule has 4 heteroatoms. The summed E-state index contributed by atoms with van der Waals surface area (Å²) in [5.74, 6) is 1.86. The maximum atomic E-state index is 5.49. The SMILES string of the molecule is COc1ccc(C)nc1N1CCC(N(C)Cc2ccccc2)CC1. The molecule has 0 saturated carbocycles. The van der Waals surface area contributed by atoms with Crippen LogP contribution in [0.1, 0.15) is 24.1 Å². The lowest BCUT2D eigenvalue weighted by Crippen LogP contribution is -2.43. The smallest absolute Gasteiger partial charge is 0.171 e. The van der Waals surface area contributed by atoms with Gasteiger partial charge in [0.05, 0.1) is 7.11 Å². The first-order valence-corrected chi connectivity index (χ1v) is 8.68. The van der Waals surface area contributed by atoms with E-state index in [-0.39, 0.29) is 0 Å². The molecule has 0 atom stereocenters. The maximum absolute atomic E-state index is 5.49. The van der Waals surface area contributed by atoms with Crippen LogP contribution in [0.2, 0.25) is 0 Å². The Morgan fingerprint density at radius 1 is 1.12 bits per heavy atom. The van der Waals surface area contributed by atoms with Gasteiger partial charge < -0.3 is 9.64 Å². The van der Waals surface area contributed by atoms with Crippen molar-refractivity contribution >= 4 is 5.82 Å². The van der Waals surface area contributed by atoms with Gasteiger partial charge in [0.25, 0.3) is 0 Å². The number of benzene rings is 1. The molecule has 1 aromatic heterocycles. The lowest BCUT2D eigenvalue weighted by atomic mass is 10.0. The third-order valence-corrected chi connectivity index (χ3v) is 4.86. The van der Waals surface area contributed by atoms with Gasteiger partial charge in [-0.15, -0.1) is 0 Å². The second kappa shape index (κ2) is 7.67. The number of anilines is 1. The van der Waals surface area contributed by atoms with E-state index >= 15 is 0 Å². The Morgan fingerprint density at radius 2 is 1.83 bits per heavy atom. The number of hydrogen-bond acceptors (Lipinski definition) is 4. The molecular formula is C20H27N3O. The van der Waals surface area contributed by atoms with Crippen LogP contribution >= 0.6 is 0 Å². The molecule has 0 bridgehead atoms. The highest BCUT2D eigenvalue weighted by atomic mass is 16.5. The lowest BCUT2D eigenvalue weighted by Gasteiger charge is -2.37. The van der Waals surface area contributed by atoms with Crippen molar-refractivity contribution in [2.75, 3.05) is 32.1 Å². The Morgan fingerprint density at radius 3 is 2.50 bits per heavy atom.